The van der Waals surface area contributed by atoms with Crippen LogP contribution >= 0.6 is 11.9 Å². The molecule has 0 amide bonds. The van der Waals surface area contributed by atoms with Crippen LogP contribution in [-0.4, -0.2) is 22.6 Å². The summed E-state index contributed by atoms with van der Waals surface area (Å²) in [5, 5.41) is 0.840. The maximum atomic E-state index is 14.5. The molecule has 0 spiro atoms. The fraction of sp³-hybridized carbons (Fsp3) is 0.222. The van der Waals surface area contributed by atoms with E-state index >= 15 is 0 Å². The molecule has 9 heteroatoms. The smallest absolute Gasteiger partial charge is 0.340 e. The van der Waals surface area contributed by atoms with Crippen molar-refractivity contribution in [3.8, 4) is 11.4 Å². The number of benzene rings is 2. The van der Waals surface area contributed by atoms with E-state index in [1.165, 1.54) is 25.1 Å². The molecule has 4 heterocycles. The van der Waals surface area contributed by atoms with Gasteiger partial charge in [0, 0.05) is 41.1 Å². The van der Waals surface area contributed by atoms with Gasteiger partial charge in [-0.1, -0.05) is 18.2 Å². The molecule has 1 unspecified atom stereocenters. The van der Waals surface area contributed by atoms with E-state index < -0.39 is 12.1 Å². The van der Waals surface area contributed by atoms with Crippen molar-refractivity contribution in [2.45, 2.75) is 37.6 Å². The SMILES string of the molecule is COC1C(=O)OCc2c1cc1n(c2=O)Cc2c-1nc1cc(F)c(C)cc1c2CNSc1ccccc1. The molecule has 0 bridgehead atoms. The molecule has 7 nitrogen and oxygen atoms in total. The number of methoxy groups -OCH3 is 1. The van der Waals surface area contributed by atoms with Gasteiger partial charge in [-0.05, 0) is 54.3 Å². The molecular weight excluding hydrogens is 481 g/mol. The Labute approximate surface area is 210 Å². The van der Waals surface area contributed by atoms with Gasteiger partial charge in [-0.15, -0.1) is 0 Å². The van der Waals surface area contributed by atoms with Crippen LogP contribution in [0.4, 0.5) is 4.39 Å². The zero-order chi connectivity index (χ0) is 25.0. The van der Waals surface area contributed by atoms with Crippen LogP contribution in [0.25, 0.3) is 22.3 Å². The van der Waals surface area contributed by atoms with Crippen molar-refractivity contribution in [1.82, 2.24) is 14.3 Å². The third-order valence-corrected chi connectivity index (χ3v) is 7.55. The predicted octanol–water partition coefficient (Wildman–Crippen LogP) is 4.41. The lowest BCUT2D eigenvalue weighted by Crippen LogP contribution is -2.33. The highest BCUT2D eigenvalue weighted by molar-refractivity contribution is 7.97. The van der Waals surface area contributed by atoms with Crippen LogP contribution in [-0.2, 0) is 34.0 Å². The minimum Gasteiger partial charge on any atom is -0.458 e. The van der Waals surface area contributed by atoms with Crippen molar-refractivity contribution in [2.24, 2.45) is 0 Å². The van der Waals surface area contributed by atoms with Crippen LogP contribution in [0, 0.1) is 12.7 Å². The highest BCUT2D eigenvalue weighted by Gasteiger charge is 2.35. The topological polar surface area (TPSA) is 82.5 Å². The Hall–Kier alpha value is -3.53. The summed E-state index contributed by atoms with van der Waals surface area (Å²) in [7, 11) is 1.41. The van der Waals surface area contributed by atoms with Crippen LogP contribution in [0.5, 0.6) is 0 Å². The summed E-state index contributed by atoms with van der Waals surface area (Å²) in [4.78, 5) is 31.6. The average molecular weight is 504 g/mol. The lowest BCUT2D eigenvalue weighted by atomic mass is 9.97. The van der Waals surface area contributed by atoms with E-state index in [0.717, 1.165) is 21.4 Å². The van der Waals surface area contributed by atoms with Gasteiger partial charge < -0.3 is 14.0 Å². The van der Waals surface area contributed by atoms with Crippen molar-refractivity contribution in [3.63, 3.8) is 0 Å². The number of nitrogens with zero attached hydrogens (tertiary/aromatic N) is 2. The van der Waals surface area contributed by atoms with Crippen molar-refractivity contribution in [3.05, 3.63) is 92.5 Å². The number of fused-ring (bicyclic) bond motifs is 5. The Morgan fingerprint density at radius 3 is 2.78 bits per heavy atom. The van der Waals surface area contributed by atoms with Crippen molar-refractivity contribution < 1.29 is 18.7 Å². The second kappa shape index (κ2) is 8.85. The van der Waals surface area contributed by atoms with Crippen LogP contribution in [0.1, 0.15) is 33.9 Å². The monoisotopic (exact) mass is 503 g/mol. The summed E-state index contributed by atoms with van der Waals surface area (Å²) in [5.41, 5.74) is 4.76. The lowest BCUT2D eigenvalue weighted by Gasteiger charge is -2.24. The first kappa shape index (κ1) is 22.9. The molecule has 0 radical (unpaired) electrons. The number of aryl methyl sites for hydroxylation is 1. The molecule has 36 heavy (non-hydrogen) atoms. The molecule has 0 saturated carbocycles. The average Bonchev–Trinajstić information content (AvgIpc) is 3.24. The second-order valence-electron chi connectivity index (χ2n) is 8.85. The minimum absolute atomic E-state index is 0.0918. The summed E-state index contributed by atoms with van der Waals surface area (Å²) < 4.78 is 30.1. The van der Waals surface area contributed by atoms with Gasteiger partial charge in [-0.2, -0.15) is 0 Å². The number of carbonyl (C=O) groups excluding carboxylic acids is 1. The molecule has 0 aliphatic carbocycles. The van der Waals surface area contributed by atoms with Gasteiger partial charge in [0.1, 0.15) is 12.4 Å². The number of hydrogen-bond donors (Lipinski definition) is 1. The fourth-order valence-corrected chi connectivity index (χ4v) is 5.61. The second-order valence-corrected chi connectivity index (χ2v) is 9.81. The highest BCUT2D eigenvalue weighted by atomic mass is 32.2. The number of aromatic nitrogens is 2. The number of ether oxygens (including phenoxy) is 2. The van der Waals surface area contributed by atoms with Crippen molar-refractivity contribution in [1.29, 1.82) is 0 Å². The van der Waals surface area contributed by atoms with Gasteiger partial charge in [-0.25, -0.2) is 14.2 Å². The number of hydrogen-bond acceptors (Lipinski definition) is 7. The number of rotatable bonds is 5. The van der Waals surface area contributed by atoms with Crippen molar-refractivity contribution >= 4 is 28.8 Å². The van der Waals surface area contributed by atoms with Crippen molar-refractivity contribution in [2.75, 3.05) is 7.11 Å². The number of halogens is 1. The Kier molecular flexibility index (Phi) is 5.63. The largest absolute Gasteiger partial charge is 0.458 e. The highest BCUT2D eigenvalue weighted by Crippen LogP contribution is 2.39. The molecule has 0 saturated heterocycles. The van der Waals surface area contributed by atoms with E-state index in [9.17, 15) is 14.0 Å². The third-order valence-electron chi connectivity index (χ3n) is 6.75. The van der Waals surface area contributed by atoms with E-state index in [0.29, 0.717) is 46.7 Å². The maximum absolute atomic E-state index is 14.5. The quantitative estimate of drug-likeness (QED) is 0.281. The predicted molar refractivity (Wildman–Crippen MR) is 134 cm³/mol. The molecular formula is C27H22FN3O4S. The van der Waals surface area contributed by atoms with Gasteiger partial charge in [-0.3, -0.25) is 9.52 Å². The first-order chi connectivity index (χ1) is 17.5. The van der Waals surface area contributed by atoms with Crippen LogP contribution in [0.3, 0.4) is 0 Å². The molecule has 182 valence electrons. The Morgan fingerprint density at radius 2 is 2.00 bits per heavy atom. The van der Waals surface area contributed by atoms with Gasteiger partial charge in [0.25, 0.3) is 5.56 Å². The molecule has 1 atom stereocenters. The molecule has 2 aliphatic heterocycles. The first-order valence-electron chi connectivity index (χ1n) is 11.5. The standard InChI is InChI=1S/C27H22FN3O4S/c1-14-8-16-18(11-29-36-15-6-4-3-5-7-15)19-12-31-23(24(19)30-22(16)10-21(14)28)9-17-20(26(31)32)13-35-27(33)25(17)34-2/h3-10,25,29H,11-13H2,1-2H3. The molecule has 0 fully saturated rings. The molecule has 6 rings (SSSR count). The van der Waals surface area contributed by atoms with E-state index in [1.807, 2.05) is 36.4 Å². The molecule has 2 aliphatic rings. The van der Waals surface area contributed by atoms with Gasteiger partial charge in [0.05, 0.1) is 29.0 Å². The molecule has 2 aromatic carbocycles. The fourth-order valence-electron chi connectivity index (χ4n) is 4.93. The summed E-state index contributed by atoms with van der Waals surface area (Å²) in [5.74, 6) is -0.866. The summed E-state index contributed by atoms with van der Waals surface area (Å²) in [6.45, 7) is 2.45. The summed E-state index contributed by atoms with van der Waals surface area (Å²) >= 11 is 1.50. The minimum atomic E-state index is -0.972. The number of esters is 1. The molecule has 1 N–H and O–H groups in total. The van der Waals surface area contributed by atoms with Gasteiger partial charge >= 0.3 is 5.97 Å². The number of pyridine rings is 2. The summed E-state index contributed by atoms with van der Waals surface area (Å²) in [6, 6.07) is 15.0. The summed E-state index contributed by atoms with van der Waals surface area (Å²) in [6.07, 6.45) is -0.972. The van der Waals surface area contributed by atoms with Crippen LogP contribution in [0.15, 0.2) is 58.2 Å². The zero-order valence-corrected chi connectivity index (χ0v) is 20.4. The number of cyclic esters (lactones) is 1. The normalized spacial score (nSPS) is 16.0. The molecule has 2 aromatic heterocycles. The molecule has 4 aromatic rings. The zero-order valence-electron chi connectivity index (χ0n) is 19.6. The number of nitrogens with one attached hydrogen (secondary N) is 1. The Balaban J connectivity index is 1.50. The lowest BCUT2D eigenvalue weighted by molar-refractivity contribution is -0.159. The Bertz CT molecular complexity index is 1600. The van der Waals surface area contributed by atoms with E-state index in [4.69, 9.17) is 14.5 Å². The van der Waals surface area contributed by atoms with E-state index in [-0.39, 0.29) is 18.0 Å². The third kappa shape index (κ3) is 3.62. The van der Waals surface area contributed by atoms with E-state index in [2.05, 4.69) is 4.72 Å². The van der Waals surface area contributed by atoms with E-state index in [1.54, 1.807) is 17.6 Å². The maximum Gasteiger partial charge on any atom is 0.340 e. The van der Waals surface area contributed by atoms with Gasteiger partial charge in [0.2, 0.25) is 0 Å². The number of carbonyl (C=O) groups is 1. The first-order valence-corrected chi connectivity index (χ1v) is 12.3. The van der Waals surface area contributed by atoms with Gasteiger partial charge in [0.15, 0.2) is 6.10 Å². The van der Waals surface area contributed by atoms with Crippen LogP contribution < -0.4 is 10.3 Å². The Morgan fingerprint density at radius 1 is 1.19 bits per heavy atom. The van der Waals surface area contributed by atoms with Crippen LogP contribution in [0.2, 0.25) is 0 Å².